The van der Waals surface area contributed by atoms with Crippen molar-refractivity contribution in [3.63, 3.8) is 0 Å². The number of fused-ring (bicyclic) bond motifs is 4. The predicted molar refractivity (Wildman–Crippen MR) is 310 cm³/mol. The van der Waals surface area contributed by atoms with Crippen LogP contribution in [0.2, 0.25) is 0 Å². The summed E-state index contributed by atoms with van der Waals surface area (Å²) in [5.41, 5.74) is 10.5. The average molecular weight is 1200 g/mol. The normalized spacial score (nSPS) is 16.5. The number of aryl methyl sites for hydroxylation is 2. The Balaban J connectivity index is 0.000000169. The van der Waals surface area contributed by atoms with Gasteiger partial charge in [-0.15, -0.1) is 0 Å². The molecule has 456 valence electrons. The van der Waals surface area contributed by atoms with E-state index < -0.39 is 70.8 Å². The molecule has 6 heterocycles. The van der Waals surface area contributed by atoms with Crippen molar-refractivity contribution in [1.29, 1.82) is 0 Å². The van der Waals surface area contributed by atoms with Crippen LogP contribution in [0.4, 0.5) is 26.3 Å². The van der Waals surface area contributed by atoms with Gasteiger partial charge in [0.1, 0.15) is 32.5 Å². The van der Waals surface area contributed by atoms with Gasteiger partial charge >= 0.3 is 17.8 Å². The van der Waals surface area contributed by atoms with Crippen LogP contribution in [0.25, 0.3) is 44.1 Å². The minimum atomic E-state index is -3.88. The number of hydrogen-bond donors (Lipinski definition) is 5. The minimum absolute atomic E-state index is 0. The number of carbonyl (C=O) groups excluding carboxylic acids is 1. The highest BCUT2D eigenvalue weighted by Crippen LogP contribution is 2.39. The van der Waals surface area contributed by atoms with E-state index in [1.54, 1.807) is 40.0 Å². The van der Waals surface area contributed by atoms with Crippen LogP contribution >= 0.6 is 0 Å². The molecule has 6 aromatic carbocycles. The maximum atomic E-state index is 15.5. The van der Waals surface area contributed by atoms with Crippen LogP contribution in [-0.4, -0.2) is 134 Å². The fraction of sp³-hybridized carbons (Fsp3) is 0.365. The third-order valence-corrected chi connectivity index (χ3v) is 15.6. The lowest BCUT2D eigenvalue weighted by molar-refractivity contribution is -0.166. The zero-order valence-electron chi connectivity index (χ0n) is 46.6. The number of nitrogens with two attached hydrogens (primary N) is 1. The van der Waals surface area contributed by atoms with Gasteiger partial charge in [0.15, 0.2) is 34.6 Å². The van der Waals surface area contributed by atoms with Gasteiger partial charge < -0.3 is 55.1 Å². The number of nitrogens with one attached hydrogen (secondary N) is 1. The summed E-state index contributed by atoms with van der Waals surface area (Å²) < 4.78 is 111. The van der Waals surface area contributed by atoms with E-state index >= 15 is 8.78 Å². The highest BCUT2D eigenvalue weighted by molar-refractivity contribution is 5.87. The standard InChI is InChI=1S/C31H31F3N4O4.C16H12F2N2O2.C15H21FN2O3.CH4/c1-37-26-15-20(4-5-21(26)17-35-37)19-6-8-23(9-7-19)31(33,34)30(40)36-25(18-38-10-2-3-11-38)28(39)22-14-24(32)29-27(16-22)41-12-13-42-29;1-20-14-8-11(2-3-12(14)9-19-20)10-4-6-13(7-5-10)16(17,18)15(21)22;16-11-7-10(8-13-15(11)21-6-5-20-13)14(19)12(17)9-18-3-1-2-4-18;/h4-9,14-17,25,28,39H,2-3,10-13,18H2,1H3,(H,36,40);2-9H,1H3,(H,21,22);7-8,12,14,19H,1-6,9,17H2;1H4/t25-,28-;;12-,14-;/m1.1./s1. The molecule has 2 saturated heterocycles. The van der Waals surface area contributed by atoms with Crippen molar-refractivity contribution in [3.8, 4) is 45.3 Å². The Bertz CT molecular complexity index is 3670. The lowest BCUT2D eigenvalue weighted by Gasteiger charge is -2.30. The fourth-order valence-corrected chi connectivity index (χ4v) is 10.8. The summed E-state index contributed by atoms with van der Waals surface area (Å²) in [5.74, 6) is -12.2. The number of rotatable bonds is 15. The lowest BCUT2D eigenvalue weighted by atomic mass is 9.98. The van der Waals surface area contributed by atoms with Crippen LogP contribution in [0.15, 0.2) is 122 Å². The second kappa shape index (κ2) is 26.6. The molecule has 0 bridgehead atoms. The third-order valence-electron chi connectivity index (χ3n) is 15.6. The number of amides is 1. The van der Waals surface area contributed by atoms with Crippen molar-refractivity contribution in [3.05, 3.63) is 155 Å². The number of nitrogens with zero attached hydrogens (tertiary/aromatic N) is 6. The van der Waals surface area contributed by atoms with Crippen LogP contribution in [0.3, 0.4) is 0 Å². The van der Waals surface area contributed by atoms with E-state index in [1.165, 1.54) is 49.2 Å². The molecule has 86 heavy (non-hydrogen) atoms. The second-order valence-electron chi connectivity index (χ2n) is 21.4. The van der Waals surface area contributed by atoms with Crippen LogP contribution in [-0.2, 0) is 35.5 Å². The topological polar surface area (TPSA) is 212 Å². The number of aliphatic carboxylic acids is 1. The number of carboxylic acids is 1. The maximum absolute atomic E-state index is 15.5. The van der Waals surface area contributed by atoms with E-state index in [0.717, 1.165) is 82.6 Å². The Morgan fingerprint density at radius 1 is 0.581 bits per heavy atom. The van der Waals surface area contributed by atoms with E-state index in [4.69, 9.17) is 29.8 Å². The Morgan fingerprint density at radius 2 is 0.988 bits per heavy atom. The molecule has 0 saturated carbocycles. The van der Waals surface area contributed by atoms with E-state index in [2.05, 4.69) is 20.4 Å². The van der Waals surface area contributed by atoms with Crippen molar-refractivity contribution >= 4 is 33.7 Å². The summed E-state index contributed by atoms with van der Waals surface area (Å²) in [6.45, 7) is 5.27. The smallest absolute Gasteiger partial charge is 0.379 e. The molecule has 12 rings (SSSR count). The summed E-state index contributed by atoms with van der Waals surface area (Å²) in [4.78, 5) is 27.9. The zero-order valence-corrected chi connectivity index (χ0v) is 46.6. The molecule has 4 atom stereocenters. The van der Waals surface area contributed by atoms with Gasteiger partial charge in [-0.1, -0.05) is 80.2 Å². The molecule has 1 amide bonds. The number of halogens is 6. The van der Waals surface area contributed by atoms with Crippen molar-refractivity contribution in [1.82, 2.24) is 34.7 Å². The number of ether oxygens (including phenoxy) is 4. The van der Waals surface area contributed by atoms with Gasteiger partial charge in [-0.2, -0.15) is 27.8 Å². The van der Waals surface area contributed by atoms with E-state index in [-0.39, 0.29) is 50.0 Å². The monoisotopic (exact) mass is 1190 g/mol. The van der Waals surface area contributed by atoms with Crippen LogP contribution < -0.4 is 30.0 Å². The van der Waals surface area contributed by atoms with Gasteiger partial charge in [0.25, 0.3) is 5.91 Å². The second-order valence-corrected chi connectivity index (χ2v) is 21.4. The number of alkyl halides is 4. The first-order valence-electron chi connectivity index (χ1n) is 27.8. The van der Waals surface area contributed by atoms with E-state index in [0.29, 0.717) is 49.7 Å². The van der Waals surface area contributed by atoms with Gasteiger partial charge in [0, 0.05) is 55.1 Å². The minimum Gasteiger partial charge on any atom is -0.486 e. The highest BCUT2D eigenvalue weighted by atomic mass is 19.3. The number of aliphatic hydroxyl groups is 2. The maximum Gasteiger partial charge on any atom is 0.379 e. The van der Waals surface area contributed by atoms with Gasteiger partial charge in [-0.05, 0) is 122 Å². The zero-order chi connectivity index (χ0) is 60.2. The Kier molecular flexibility index (Phi) is 19.3. The van der Waals surface area contributed by atoms with Crippen molar-refractivity contribution < 1.29 is 70.2 Å². The van der Waals surface area contributed by atoms with Gasteiger partial charge in [0.05, 0.1) is 35.6 Å². The largest absolute Gasteiger partial charge is 0.486 e. The third kappa shape index (κ3) is 13.7. The average Bonchev–Trinajstić information content (AvgIpc) is 2.32. The van der Waals surface area contributed by atoms with E-state index in [1.807, 2.05) is 55.4 Å². The molecule has 23 heteroatoms. The first-order chi connectivity index (χ1) is 40.7. The predicted octanol–water partition coefficient (Wildman–Crippen LogP) is 9.66. The molecule has 2 aromatic heterocycles. The van der Waals surface area contributed by atoms with Crippen LogP contribution in [0, 0.1) is 11.6 Å². The Labute approximate surface area is 492 Å². The number of carboxylic acid groups (broad SMARTS) is 1. The number of aromatic nitrogens is 4. The number of likely N-dealkylation sites (tertiary alicyclic amines) is 2. The van der Waals surface area contributed by atoms with Gasteiger partial charge in [0.2, 0.25) is 0 Å². The lowest BCUT2D eigenvalue weighted by Crippen LogP contribution is -2.51. The summed E-state index contributed by atoms with van der Waals surface area (Å²) in [5, 5.41) is 42.8. The molecule has 8 aromatic rings. The highest BCUT2D eigenvalue weighted by Gasteiger charge is 2.44. The van der Waals surface area contributed by atoms with Gasteiger partial charge in [-0.3, -0.25) is 14.2 Å². The Morgan fingerprint density at radius 3 is 1.44 bits per heavy atom. The van der Waals surface area contributed by atoms with Crippen molar-refractivity contribution in [2.75, 3.05) is 65.7 Å². The number of carbonyl (C=O) groups is 2. The number of hydrogen-bond acceptors (Lipinski definition) is 13. The first kappa shape index (κ1) is 62.3. The molecule has 0 spiro atoms. The quantitative estimate of drug-likeness (QED) is 0.0605. The van der Waals surface area contributed by atoms with Crippen molar-refractivity contribution in [2.45, 2.75) is 69.2 Å². The molecule has 4 aliphatic heterocycles. The number of aliphatic hydroxyl groups excluding tert-OH is 2. The molecule has 0 unspecified atom stereocenters. The first-order valence-corrected chi connectivity index (χ1v) is 27.8. The van der Waals surface area contributed by atoms with E-state index in [9.17, 15) is 37.4 Å². The summed E-state index contributed by atoms with van der Waals surface area (Å²) in [7, 11) is 3.65. The number of benzene rings is 6. The molecular weight excluding hydrogens is 1130 g/mol. The molecule has 6 N–H and O–H groups in total. The van der Waals surface area contributed by atoms with Crippen molar-refractivity contribution in [2.24, 2.45) is 19.8 Å². The summed E-state index contributed by atoms with van der Waals surface area (Å²) in [6.07, 6.45) is 5.28. The molecule has 0 radical (unpaired) electrons. The summed E-state index contributed by atoms with van der Waals surface area (Å²) >= 11 is 0. The molecular formula is C63H68F6N8O9. The fourth-order valence-electron chi connectivity index (χ4n) is 10.8. The molecule has 4 aliphatic rings. The van der Waals surface area contributed by atoms with Crippen LogP contribution in [0.5, 0.6) is 23.0 Å². The molecule has 17 nitrogen and oxygen atoms in total. The Hall–Kier alpha value is -8.22. The van der Waals surface area contributed by atoms with Crippen LogP contribution in [0.1, 0.15) is 67.6 Å². The van der Waals surface area contributed by atoms with Gasteiger partial charge in [-0.25, -0.2) is 13.6 Å². The molecule has 0 aliphatic carbocycles. The molecule has 2 fully saturated rings. The summed E-state index contributed by atoms with van der Waals surface area (Å²) in [6, 6.07) is 26.0. The SMILES string of the molecule is C.Cn1ncc2ccc(-c3ccc(C(F)(F)C(=O)N[C@H](CN4CCCC4)[C@H](O)c4cc(F)c5c(c4)OCCO5)cc3)cc21.Cn1ncc2ccc(-c3ccc(C(F)(F)C(=O)O)cc3)cc21.N[C@H](CN1CCCC1)[C@H](O)c1cc(F)c2c(c1)OCCO2.